The molecule has 1 amide bonds. The molecule has 0 saturated carbocycles. The van der Waals surface area contributed by atoms with Crippen molar-refractivity contribution in [3.63, 3.8) is 0 Å². The maximum atomic E-state index is 12.7. The molecule has 0 bridgehead atoms. The smallest absolute Gasteiger partial charge is 0.261 e. The van der Waals surface area contributed by atoms with Crippen LogP contribution in [0.5, 0.6) is 5.75 Å². The van der Waals surface area contributed by atoms with Crippen molar-refractivity contribution in [2.75, 3.05) is 16.6 Å². The molecule has 0 aromatic heterocycles. The van der Waals surface area contributed by atoms with Crippen LogP contribution in [-0.2, 0) is 10.0 Å². The van der Waals surface area contributed by atoms with Crippen molar-refractivity contribution in [3.05, 3.63) is 83.9 Å². The summed E-state index contributed by atoms with van der Waals surface area (Å²) in [6.45, 7) is 6.53. The molecule has 0 atom stereocenters. The minimum Gasteiger partial charge on any atom is -0.494 e. The fourth-order valence-corrected chi connectivity index (χ4v) is 4.15. The Morgan fingerprint density at radius 3 is 2.19 bits per heavy atom. The zero-order valence-electron chi connectivity index (χ0n) is 17.8. The Hall–Kier alpha value is -3.32. The summed E-state index contributed by atoms with van der Waals surface area (Å²) in [5, 5.41) is 2.91. The van der Waals surface area contributed by atoms with Gasteiger partial charge >= 0.3 is 0 Å². The number of carbonyl (C=O) groups is 1. The number of anilines is 2. The van der Waals surface area contributed by atoms with Gasteiger partial charge in [-0.05, 0) is 73.0 Å². The van der Waals surface area contributed by atoms with E-state index < -0.39 is 10.0 Å². The third-order valence-corrected chi connectivity index (χ3v) is 6.07. The summed E-state index contributed by atoms with van der Waals surface area (Å²) in [5.74, 6) is 0.633. The molecule has 3 aromatic carbocycles. The van der Waals surface area contributed by atoms with Gasteiger partial charge in [-0.25, -0.2) is 8.42 Å². The van der Waals surface area contributed by atoms with Crippen LogP contribution in [0.15, 0.2) is 77.7 Å². The third kappa shape index (κ3) is 5.64. The summed E-state index contributed by atoms with van der Waals surface area (Å²) < 4.78 is 33.2. The molecule has 3 rings (SSSR count). The van der Waals surface area contributed by atoms with Gasteiger partial charge in [0.25, 0.3) is 15.9 Å². The van der Waals surface area contributed by atoms with Crippen LogP contribution in [0.25, 0.3) is 0 Å². The number of amides is 1. The molecule has 7 heteroatoms. The third-order valence-electron chi connectivity index (χ3n) is 4.68. The Morgan fingerprint density at radius 1 is 0.935 bits per heavy atom. The SMILES string of the molecule is CCOc1ccc(NS(=O)(=O)c2ccc(C(=O)Nc3ccccc3C(C)C)cc2)cc1. The second-order valence-corrected chi connectivity index (χ2v) is 8.97. The molecule has 0 spiro atoms. The summed E-state index contributed by atoms with van der Waals surface area (Å²) in [5.41, 5.74) is 2.58. The highest BCUT2D eigenvalue weighted by Crippen LogP contribution is 2.25. The molecule has 0 heterocycles. The zero-order chi connectivity index (χ0) is 22.4. The predicted octanol–water partition coefficient (Wildman–Crippen LogP) is 5.26. The van der Waals surface area contributed by atoms with E-state index in [0.717, 1.165) is 11.3 Å². The molecular weight excluding hydrogens is 412 g/mol. The second kappa shape index (κ2) is 9.66. The van der Waals surface area contributed by atoms with Gasteiger partial charge in [-0.2, -0.15) is 0 Å². The van der Waals surface area contributed by atoms with Crippen molar-refractivity contribution in [3.8, 4) is 5.75 Å². The second-order valence-electron chi connectivity index (χ2n) is 7.28. The van der Waals surface area contributed by atoms with E-state index >= 15 is 0 Å². The maximum Gasteiger partial charge on any atom is 0.261 e. The first-order chi connectivity index (χ1) is 14.8. The number of nitrogens with one attached hydrogen (secondary N) is 2. The van der Waals surface area contributed by atoms with Gasteiger partial charge in [0, 0.05) is 16.9 Å². The Balaban J connectivity index is 1.72. The lowest BCUT2D eigenvalue weighted by Crippen LogP contribution is -2.15. The van der Waals surface area contributed by atoms with E-state index in [4.69, 9.17) is 4.74 Å². The van der Waals surface area contributed by atoms with E-state index in [2.05, 4.69) is 23.9 Å². The quantitative estimate of drug-likeness (QED) is 0.502. The Kier molecular flexibility index (Phi) is 6.97. The summed E-state index contributed by atoms with van der Waals surface area (Å²) in [6, 6.07) is 20.1. The summed E-state index contributed by atoms with van der Waals surface area (Å²) >= 11 is 0. The van der Waals surface area contributed by atoms with Crippen molar-refractivity contribution in [1.29, 1.82) is 0 Å². The molecule has 0 aliphatic heterocycles. The highest BCUT2D eigenvalue weighted by Gasteiger charge is 2.16. The predicted molar refractivity (Wildman–Crippen MR) is 123 cm³/mol. The highest BCUT2D eigenvalue weighted by molar-refractivity contribution is 7.92. The van der Waals surface area contributed by atoms with Crippen LogP contribution in [0.1, 0.15) is 42.6 Å². The van der Waals surface area contributed by atoms with Crippen LogP contribution < -0.4 is 14.8 Å². The van der Waals surface area contributed by atoms with E-state index in [1.54, 1.807) is 24.3 Å². The van der Waals surface area contributed by atoms with E-state index in [1.165, 1.54) is 24.3 Å². The number of hydrogen-bond acceptors (Lipinski definition) is 4. The van der Waals surface area contributed by atoms with E-state index in [-0.39, 0.29) is 16.7 Å². The van der Waals surface area contributed by atoms with Gasteiger partial charge in [-0.3, -0.25) is 9.52 Å². The number of hydrogen-bond donors (Lipinski definition) is 2. The minimum absolute atomic E-state index is 0.0699. The number of para-hydroxylation sites is 1. The molecule has 31 heavy (non-hydrogen) atoms. The lowest BCUT2D eigenvalue weighted by molar-refractivity contribution is 0.102. The van der Waals surface area contributed by atoms with E-state index in [9.17, 15) is 13.2 Å². The van der Waals surface area contributed by atoms with E-state index in [1.807, 2.05) is 31.2 Å². The lowest BCUT2D eigenvalue weighted by atomic mass is 10.0. The highest BCUT2D eigenvalue weighted by atomic mass is 32.2. The van der Waals surface area contributed by atoms with Gasteiger partial charge in [-0.1, -0.05) is 32.0 Å². The first kappa shape index (κ1) is 22.4. The lowest BCUT2D eigenvalue weighted by Gasteiger charge is -2.14. The first-order valence-electron chi connectivity index (χ1n) is 10.1. The van der Waals surface area contributed by atoms with E-state index in [0.29, 0.717) is 23.6 Å². The number of sulfonamides is 1. The van der Waals surface area contributed by atoms with Crippen molar-refractivity contribution >= 4 is 27.3 Å². The van der Waals surface area contributed by atoms with Gasteiger partial charge < -0.3 is 10.1 Å². The molecule has 0 unspecified atom stereocenters. The zero-order valence-corrected chi connectivity index (χ0v) is 18.6. The maximum absolute atomic E-state index is 12.7. The van der Waals surface area contributed by atoms with Crippen LogP contribution in [0.3, 0.4) is 0 Å². The van der Waals surface area contributed by atoms with Crippen LogP contribution in [0.4, 0.5) is 11.4 Å². The molecule has 0 saturated heterocycles. The molecule has 0 fully saturated rings. The van der Waals surface area contributed by atoms with Gasteiger partial charge in [0.1, 0.15) is 5.75 Å². The standard InChI is InChI=1S/C24H26N2O4S/c1-4-30-20-13-11-19(12-14-20)26-31(28,29)21-15-9-18(10-16-21)24(27)25-23-8-6-5-7-22(23)17(2)3/h5-17,26H,4H2,1-3H3,(H,25,27). The molecular formula is C24H26N2O4S. The number of carbonyl (C=O) groups excluding carboxylic acids is 1. The average Bonchev–Trinajstić information content (AvgIpc) is 2.75. The van der Waals surface area contributed by atoms with Crippen LogP contribution >= 0.6 is 0 Å². The normalized spacial score (nSPS) is 11.2. The monoisotopic (exact) mass is 438 g/mol. The largest absolute Gasteiger partial charge is 0.494 e. The fraction of sp³-hybridized carbons (Fsp3) is 0.208. The van der Waals surface area contributed by atoms with Crippen molar-refractivity contribution in [1.82, 2.24) is 0 Å². The summed E-state index contributed by atoms with van der Waals surface area (Å²) in [6.07, 6.45) is 0. The number of rotatable bonds is 8. The number of ether oxygens (including phenoxy) is 1. The van der Waals surface area contributed by atoms with Gasteiger partial charge in [0.15, 0.2) is 0 Å². The average molecular weight is 439 g/mol. The minimum atomic E-state index is -3.78. The van der Waals surface area contributed by atoms with Crippen LogP contribution in [0, 0.1) is 0 Å². The fourth-order valence-electron chi connectivity index (χ4n) is 3.09. The number of benzene rings is 3. The van der Waals surface area contributed by atoms with Crippen molar-refractivity contribution in [2.45, 2.75) is 31.6 Å². The Labute approximate surface area is 183 Å². The van der Waals surface area contributed by atoms with Gasteiger partial charge in [0.05, 0.1) is 11.5 Å². The van der Waals surface area contributed by atoms with Gasteiger partial charge in [0.2, 0.25) is 0 Å². The molecule has 2 N–H and O–H groups in total. The van der Waals surface area contributed by atoms with Gasteiger partial charge in [-0.15, -0.1) is 0 Å². The summed E-state index contributed by atoms with van der Waals surface area (Å²) in [7, 11) is -3.78. The van der Waals surface area contributed by atoms with Crippen molar-refractivity contribution in [2.24, 2.45) is 0 Å². The Morgan fingerprint density at radius 2 is 1.58 bits per heavy atom. The topological polar surface area (TPSA) is 84.5 Å². The first-order valence-corrected chi connectivity index (χ1v) is 11.5. The molecule has 6 nitrogen and oxygen atoms in total. The molecule has 0 radical (unpaired) electrons. The Bertz CT molecular complexity index is 1140. The molecule has 162 valence electrons. The van der Waals surface area contributed by atoms with Crippen LogP contribution in [0.2, 0.25) is 0 Å². The molecule has 0 aliphatic carbocycles. The van der Waals surface area contributed by atoms with Crippen molar-refractivity contribution < 1.29 is 17.9 Å². The molecule has 0 aliphatic rings. The summed E-state index contributed by atoms with van der Waals surface area (Å²) in [4.78, 5) is 12.7. The van der Waals surface area contributed by atoms with Crippen LogP contribution in [-0.4, -0.2) is 20.9 Å². The molecule has 3 aromatic rings.